The quantitative estimate of drug-likeness (QED) is 0.840. The molecule has 1 aromatic rings. The third-order valence-electron chi connectivity index (χ3n) is 3.59. The lowest BCUT2D eigenvalue weighted by Crippen LogP contribution is -2.30. The van der Waals surface area contributed by atoms with E-state index in [1.165, 1.54) is 19.2 Å². The first-order chi connectivity index (χ1) is 8.63. The summed E-state index contributed by atoms with van der Waals surface area (Å²) in [5.74, 6) is -0.669. The number of halogens is 1. The Labute approximate surface area is 106 Å². The van der Waals surface area contributed by atoms with Gasteiger partial charge in [0.05, 0.1) is 12.7 Å². The number of nitrogens with two attached hydrogens (primary N) is 1. The van der Waals surface area contributed by atoms with Crippen molar-refractivity contribution in [2.75, 3.05) is 7.11 Å². The van der Waals surface area contributed by atoms with Crippen LogP contribution in [-0.4, -0.2) is 18.9 Å². The summed E-state index contributed by atoms with van der Waals surface area (Å²) in [5.41, 5.74) is 5.94. The van der Waals surface area contributed by atoms with Crippen LogP contribution in [0.4, 0.5) is 4.39 Å². The van der Waals surface area contributed by atoms with E-state index in [2.05, 4.69) is 0 Å². The Balaban J connectivity index is 2.18. The van der Waals surface area contributed by atoms with Crippen LogP contribution in [0, 0.1) is 11.7 Å². The van der Waals surface area contributed by atoms with Gasteiger partial charge in [0, 0.05) is 12.0 Å². The fourth-order valence-electron chi connectivity index (χ4n) is 2.46. The molecule has 0 amide bonds. The Morgan fingerprint density at radius 2 is 2.00 bits per heavy atom. The van der Waals surface area contributed by atoms with Crippen LogP contribution in [0.2, 0.25) is 0 Å². The van der Waals surface area contributed by atoms with Crippen molar-refractivity contribution in [2.45, 2.75) is 31.7 Å². The van der Waals surface area contributed by atoms with E-state index in [9.17, 15) is 9.18 Å². The second-order valence-corrected chi connectivity index (χ2v) is 4.80. The molecule has 0 aliphatic heterocycles. The monoisotopic (exact) mass is 251 g/mol. The van der Waals surface area contributed by atoms with Gasteiger partial charge in [-0.2, -0.15) is 0 Å². The molecule has 1 aromatic carbocycles. The van der Waals surface area contributed by atoms with Crippen molar-refractivity contribution in [3.8, 4) is 5.75 Å². The molecule has 0 aromatic heterocycles. The molecule has 1 fully saturated rings. The van der Waals surface area contributed by atoms with E-state index in [0.29, 0.717) is 0 Å². The van der Waals surface area contributed by atoms with E-state index in [1.807, 2.05) is 0 Å². The van der Waals surface area contributed by atoms with E-state index in [1.54, 1.807) is 6.07 Å². The summed E-state index contributed by atoms with van der Waals surface area (Å²) >= 11 is 0. The van der Waals surface area contributed by atoms with Crippen molar-refractivity contribution in [3.05, 3.63) is 29.6 Å². The Hall–Kier alpha value is -1.42. The number of carbonyl (C=O) groups excluding carboxylic acids is 1. The molecule has 0 radical (unpaired) electrons. The van der Waals surface area contributed by atoms with Crippen LogP contribution < -0.4 is 10.5 Å². The van der Waals surface area contributed by atoms with Crippen molar-refractivity contribution in [1.82, 2.24) is 0 Å². The van der Waals surface area contributed by atoms with Gasteiger partial charge in [0.15, 0.2) is 17.3 Å². The molecule has 1 aliphatic carbocycles. The summed E-state index contributed by atoms with van der Waals surface area (Å²) < 4.78 is 18.9. The van der Waals surface area contributed by atoms with Gasteiger partial charge < -0.3 is 10.5 Å². The summed E-state index contributed by atoms with van der Waals surface area (Å²) in [5, 5.41) is 0. The zero-order chi connectivity index (χ0) is 13.1. The number of rotatable bonds is 3. The molecule has 0 saturated heterocycles. The molecule has 3 nitrogen and oxygen atoms in total. The highest BCUT2D eigenvalue weighted by Gasteiger charge is 2.27. The van der Waals surface area contributed by atoms with Crippen molar-refractivity contribution >= 4 is 5.78 Å². The molecular formula is C14H18FNO2. The van der Waals surface area contributed by atoms with Crippen molar-refractivity contribution in [3.63, 3.8) is 0 Å². The Kier molecular flexibility index (Phi) is 3.97. The van der Waals surface area contributed by atoms with Gasteiger partial charge in [-0.25, -0.2) is 4.39 Å². The maximum absolute atomic E-state index is 14.0. The number of hydrogen-bond donors (Lipinski definition) is 1. The summed E-state index contributed by atoms with van der Waals surface area (Å²) in [6.45, 7) is 0. The van der Waals surface area contributed by atoms with E-state index in [0.717, 1.165) is 25.7 Å². The van der Waals surface area contributed by atoms with Crippen molar-refractivity contribution in [2.24, 2.45) is 11.7 Å². The minimum atomic E-state index is -0.556. The summed E-state index contributed by atoms with van der Waals surface area (Å²) in [6, 6.07) is 4.87. The Morgan fingerprint density at radius 3 is 2.61 bits per heavy atom. The third-order valence-corrected chi connectivity index (χ3v) is 3.59. The summed E-state index contributed by atoms with van der Waals surface area (Å²) in [7, 11) is 1.40. The topological polar surface area (TPSA) is 52.3 Å². The number of Topliss-reactive ketones (excluding diaryl/α,β-unsaturated/α-hetero) is 1. The molecule has 0 spiro atoms. The lowest BCUT2D eigenvalue weighted by molar-refractivity contribution is 0.0879. The fourth-order valence-corrected chi connectivity index (χ4v) is 2.46. The average Bonchev–Trinajstić information content (AvgIpc) is 2.39. The third kappa shape index (κ3) is 2.53. The number of ether oxygens (including phenoxy) is 1. The molecular weight excluding hydrogens is 233 g/mol. The number of ketones is 1. The first-order valence-electron chi connectivity index (χ1n) is 6.25. The van der Waals surface area contributed by atoms with Crippen LogP contribution in [0.15, 0.2) is 18.2 Å². The van der Waals surface area contributed by atoms with E-state index >= 15 is 0 Å². The highest BCUT2D eigenvalue weighted by atomic mass is 19.1. The summed E-state index contributed by atoms with van der Waals surface area (Å²) in [4.78, 5) is 12.3. The minimum absolute atomic E-state index is 0.105. The zero-order valence-electron chi connectivity index (χ0n) is 10.5. The van der Waals surface area contributed by atoms with Gasteiger partial charge >= 0.3 is 0 Å². The number of carbonyl (C=O) groups is 1. The molecule has 98 valence electrons. The molecule has 2 N–H and O–H groups in total. The number of hydrogen-bond acceptors (Lipinski definition) is 3. The SMILES string of the molecule is COc1cccc(C(=O)C2CCC(N)CC2)c1F. The van der Waals surface area contributed by atoms with Crippen LogP contribution in [0.1, 0.15) is 36.0 Å². The van der Waals surface area contributed by atoms with Gasteiger partial charge in [0.2, 0.25) is 0 Å². The van der Waals surface area contributed by atoms with E-state index in [4.69, 9.17) is 10.5 Å². The van der Waals surface area contributed by atoms with Gasteiger partial charge in [0.1, 0.15) is 0 Å². The number of benzene rings is 1. The normalized spacial score (nSPS) is 23.7. The minimum Gasteiger partial charge on any atom is -0.494 e. The molecule has 18 heavy (non-hydrogen) atoms. The maximum atomic E-state index is 14.0. The summed E-state index contributed by atoms with van der Waals surface area (Å²) in [6.07, 6.45) is 3.16. The highest BCUT2D eigenvalue weighted by Crippen LogP contribution is 2.29. The standard InChI is InChI=1S/C14H18FNO2/c1-18-12-4-2-3-11(13(12)15)14(17)9-5-7-10(16)8-6-9/h2-4,9-10H,5-8,16H2,1H3. The molecule has 0 bridgehead atoms. The lowest BCUT2D eigenvalue weighted by Gasteiger charge is -2.25. The van der Waals surface area contributed by atoms with E-state index < -0.39 is 5.82 Å². The second-order valence-electron chi connectivity index (χ2n) is 4.80. The highest BCUT2D eigenvalue weighted by molar-refractivity contribution is 5.98. The van der Waals surface area contributed by atoms with Gasteiger partial charge in [-0.15, -0.1) is 0 Å². The van der Waals surface area contributed by atoms with Crippen LogP contribution in [0.25, 0.3) is 0 Å². The Bertz CT molecular complexity index is 439. The Morgan fingerprint density at radius 1 is 1.33 bits per heavy atom. The molecule has 4 heteroatoms. The average molecular weight is 251 g/mol. The van der Waals surface area contributed by atoms with Crippen molar-refractivity contribution < 1.29 is 13.9 Å². The molecule has 1 aliphatic rings. The second kappa shape index (κ2) is 5.48. The maximum Gasteiger partial charge on any atom is 0.175 e. The largest absolute Gasteiger partial charge is 0.494 e. The van der Waals surface area contributed by atoms with Crippen molar-refractivity contribution in [1.29, 1.82) is 0 Å². The molecule has 1 saturated carbocycles. The first kappa shape index (κ1) is 13.0. The van der Waals surface area contributed by atoms with Crippen LogP contribution in [0.5, 0.6) is 5.75 Å². The number of methoxy groups -OCH3 is 1. The molecule has 0 atom stereocenters. The lowest BCUT2D eigenvalue weighted by atomic mass is 9.82. The van der Waals surface area contributed by atoms with Gasteiger partial charge in [-0.3, -0.25) is 4.79 Å². The first-order valence-corrected chi connectivity index (χ1v) is 6.25. The van der Waals surface area contributed by atoms with Gasteiger partial charge in [-0.1, -0.05) is 6.07 Å². The van der Waals surface area contributed by atoms with Crippen LogP contribution in [0.3, 0.4) is 0 Å². The van der Waals surface area contributed by atoms with Crippen LogP contribution in [-0.2, 0) is 0 Å². The van der Waals surface area contributed by atoms with E-state index in [-0.39, 0.29) is 29.1 Å². The smallest absolute Gasteiger partial charge is 0.175 e. The van der Waals surface area contributed by atoms with Crippen LogP contribution >= 0.6 is 0 Å². The molecule has 2 rings (SSSR count). The molecule has 0 heterocycles. The molecule has 0 unspecified atom stereocenters. The van der Waals surface area contributed by atoms with Gasteiger partial charge in [-0.05, 0) is 37.8 Å². The predicted molar refractivity (Wildman–Crippen MR) is 67.2 cm³/mol. The predicted octanol–water partition coefficient (Wildman–Crippen LogP) is 2.53. The zero-order valence-corrected chi connectivity index (χ0v) is 10.5. The fraction of sp³-hybridized carbons (Fsp3) is 0.500. The van der Waals surface area contributed by atoms with Gasteiger partial charge in [0.25, 0.3) is 0 Å².